The quantitative estimate of drug-likeness (QED) is 0.573. The number of nitrogens with one attached hydrogen (secondary N) is 1. The average molecular weight is 506 g/mol. The van der Waals surface area contributed by atoms with Gasteiger partial charge in [-0.25, -0.2) is 0 Å². The molecule has 36 heavy (non-hydrogen) atoms. The van der Waals surface area contributed by atoms with Crippen molar-refractivity contribution in [3.05, 3.63) is 88.6 Å². The van der Waals surface area contributed by atoms with Gasteiger partial charge in [0.2, 0.25) is 0 Å². The largest absolute Gasteiger partial charge is 0.490 e. The molecule has 2 N–H and O–H groups in total. The van der Waals surface area contributed by atoms with Crippen molar-refractivity contribution in [1.82, 2.24) is 10.2 Å². The van der Waals surface area contributed by atoms with Crippen molar-refractivity contribution >= 4 is 22.9 Å². The summed E-state index contributed by atoms with van der Waals surface area (Å²) in [6.45, 7) is 10.6. The minimum Gasteiger partial charge on any atom is -0.490 e. The van der Waals surface area contributed by atoms with E-state index in [1.165, 1.54) is 16.8 Å². The summed E-state index contributed by atoms with van der Waals surface area (Å²) in [7, 11) is 0. The molecule has 2 aromatic carbocycles. The zero-order valence-corrected chi connectivity index (χ0v) is 22.1. The predicted octanol–water partition coefficient (Wildman–Crippen LogP) is 5.36. The number of dihydropyridines is 1. The summed E-state index contributed by atoms with van der Waals surface area (Å²) in [5.74, 6) is 0.872. The molecule has 0 bridgehead atoms. The number of rotatable bonds is 5. The van der Waals surface area contributed by atoms with Crippen LogP contribution in [0.5, 0.6) is 5.75 Å². The maximum Gasteiger partial charge on any atom is 0.127 e. The van der Waals surface area contributed by atoms with Crippen molar-refractivity contribution < 1.29 is 9.84 Å². The summed E-state index contributed by atoms with van der Waals surface area (Å²) >= 11 is 6.08. The number of allylic oxidation sites excluding steroid dienone is 2. The van der Waals surface area contributed by atoms with E-state index in [2.05, 4.69) is 58.5 Å². The normalized spacial score (nSPS) is 23.3. The summed E-state index contributed by atoms with van der Waals surface area (Å²) in [6.07, 6.45) is 9.53. The molecule has 6 heteroatoms. The van der Waals surface area contributed by atoms with Crippen LogP contribution in [-0.4, -0.2) is 54.9 Å². The zero-order chi connectivity index (χ0) is 25.3. The Hall–Kier alpha value is -2.73. The summed E-state index contributed by atoms with van der Waals surface area (Å²) in [5, 5.41) is 14.9. The molecule has 1 unspecified atom stereocenters. The van der Waals surface area contributed by atoms with Gasteiger partial charge in [0.05, 0.1) is 11.6 Å². The molecule has 3 aliphatic rings. The standard InChI is InChI=1S/C30H36ClN3O2/c1-21-19-33(16-17-34(21)24-11-9-23(31)10-12-24)15-5-7-25-26-6-4-14-32-28(26)20-36-29-13-8-22(18-27(25)29)30(2,3)35/h4,6-14,18,21,28,32,35H,5,15-17,19-20H2,1-3H3/b25-7+/t21-,28?/m1/s1. The number of aliphatic hydroxyl groups is 1. The highest BCUT2D eigenvalue weighted by Gasteiger charge is 2.28. The topological polar surface area (TPSA) is 48.0 Å². The molecule has 0 aromatic heterocycles. The number of benzene rings is 2. The molecule has 5 rings (SSSR count). The van der Waals surface area contributed by atoms with Gasteiger partial charge in [0.1, 0.15) is 12.4 Å². The second kappa shape index (κ2) is 10.3. The molecule has 190 valence electrons. The molecule has 1 fully saturated rings. The summed E-state index contributed by atoms with van der Waals surface area (Å²) < 4.78 is 6.20. The summed E-state index contributed by atoms with van der Waals surface area (Å²) in [6, 6.07) is 14.8. The Morgan fingerprint density at radius 1 is 1.17 bits per heavy atom. The van der Waals surface area contributed by atoms with Gasteiger partial charge in [0, 0.05) is 48.5 Å². The van der Waals surface area contributed by atoms with Crippen LogP contribution >= 0.6 is 11.6 Å². The molecule has 0 amide bonds. The highest BCUT2D eigenvalue weighted by atomic mass is 35.5. The molecule has 3 aliphatic heterocycles. The third-order valence-electron chi connectivity index (χ3n) is 7.40. The number of ether oxygens (including phenoxy) is 1. The summed E-state index contributed by atoms with van der Waals surface area (Å²) in [4.78, 5) is 5.03. The van der Waals surface area contributed by atoms with Crippen LogP contribution in [0.1, 0.15) is 38.3 Å². The van der Waals surface area contributed by atoms with E-state index in [9.17, 15) is 5.11 Å². The Balaban J connectivity index is 1.34. The SMILES string of the molecule is C[C@@H]1CN(CC/C=C2\C3=CC=CNC3COc3ccc(C(C)(C)O)cc32)CCN1c1ccc(Cl)cc1. The van der Waals surface area contributed by atoms with Gasteiger partial charge in [-0.1, -0.05) is 29.8 Å². The van der Waals surface area contributed by atoms with Crippen molar-refractivity contribution in [2.45, 2.75) is 44.9 Å². The van der Waals surface area contributed by atoms with E-state index < -0.39 is 5.60 Å². The number of halogens is 1. The Kier molecular flexibility index (Phi) is 7.16. The van der Waals surface area contributed by atoms with Crippen LogP contribution in [0.15, 0.2) is 72.5 Å². The van der Waals surface area contributed by atoms with E-state index in [1.807, 2.05) is 44.3 Å². The van der Waals surface area contributed by atoms with Gasteiger partial charge in [0.15, 0.2) is 0 Å². The number of anilines is 1. The molecular weight excluding hydrogens is 470 g/mol. The van der Waals surface area contributed by atoms with Gasteiger partial charge in [-0.05, 0) is 92.6 Å². The lowest BCUT2D eigenvalue weighted by molar-refractivity contribution is 0.0785. The smallest absolute Gasteiger partial charge is 0.127 e. The molecular formula is C30H36ClN3O2. The van der Waals surface area contributed by atoms with Gasteiger partial charge < -0.3 is 20.1 Å². The van der Waals surface area contributed by atoms with Crippen molar-refractivity contribution in [3.8, 4) is 5.75 Å². The third-order valence-corrected chi connectivity index (χ3v) is 7.65. The van der Waals surface area contributed by atoms with Crippen molar-refractivity contribution in [1.29, 1.82) is 0 Å². The van der Waals surface area contributed by atoms with Crippen LogP contribution in [0.4, 0.5) is 5.69 Å². The highest BCUT2D eigenvalue weighted by molar-refractivity contribution is 6.30. The molecule has 0 radical (unpaired) electrons. The minimum atomic E-state index is -0.912. The van der Waals surface area contributed by atoms with Crippen LogP contribution in [0.25, 0.3) is 5.57 Å². The Morgan fingerprint density at radius 3 is 2.72 bits per heavy atom. The molecule has 2 atom stereocenters. The van der Waals surface area contributed by atoms with Gasteiger partial charge in [-0.15, -0.1) is 0 Å². The van der Waals surface area contributed by atoms with Gasteiger partial charge in [-0.3, -0.25) is 4.90 Å². The molecule has 5 nitrogen and oxygen atoms in total. The fourth-order valence-electron chi connectivity index (χ4n) is 5.39. The number of piperazine rings is 1. The van der Waals surface area contributed by atoms with Crippen molar-refractivity contribution in [2.75, 3.05) is 37.7 Å². The predicted molar refractivity (Wildman–Crippen MR) is 149 cm³/mol. The number of nitrogens with zero attached hydrogens (tertiary/aromatic N) is 2. The number of hydrogen-bond acceptors (Lipinski definition) is 5. The lowest BCUT2D eigenvalue weighted by atomic mass is 9.88. The van der Waals surface area contributed by atoms with E-state index in [1.54, 1.807) is 0 Å². The van der Waals surface area contributed by atoms with Crippen LogP contribution in [-0.2, 0) is 5.60 Å². The summed E-state index contributed by atoms with van der Waals surface area (Å²) in [5.41, 5.74) is 4.71. The Morgan fingerprint density at radius 2 is 1.97 bits per heavy atom. The van der Waals surface area contributed by atoms with E-state index in [4.69, 9.17) is 16.3 Å². The first-order valence-electron chi connectivity index (χ1n) is 12.9. The van der Waals surface area contributed by atoms with Crippen LogP contribution in [0.2, 0.25) is 5.02 Å². The Bertz CT molecular complexity index is 1180. The van der Waals surface area contributed by atoms with Gasteiger partial charge >= 0.3 is 0 Å². The second-order valence-electron chi connectivity index (χ2n) is 10.5. The average Bonchev–Trinajstić information content (AvgIpc) is 3.01. The van der Waals surface area contributed by atoms with Crippen LogP contribution in [0.3, 0.4) is 0 Å². The lowest BCUT2D eigenvalue weighted by Crippen LogP contribution is -2.52. The molecule has 0 saturated carbocycles. The Labute approximate surface area is 219 Å². The second-order valence-corrected chi connectivity index (χ2v) is 10.9. The van der Waals surface area contributed by atoms with E-state index in [0.717, 1.165) is 54.5 Å². The highest BCUT2D eigenvalue weighted by Crippen LogP contribution is 2.39. The van der Waals surface area contributed by atoms with Crippen molar-refractivity contribution in [3.63, 3.8) is 0 Å². The monoisotopic (exact) mass is 505 g/mol. The number of fused-ring (bicyclic) bond motifs is 2. The first-order valence-corrected chi connectivity index (χ1v) is 13.3. The fourth-order valence-corrected chi connectivity index (χ4v) is 5.52. The molecule has 3 heterocycles. The number of hydrogen-bond donors (Lipinski definition) is 2. The van der Waals surface area contributed by atoms with E-state index >= 15 is 0 Å². The first-order chi connectivity index (χ1) is 17.3. The van der Waals surface area contributed by atoms with E-state index in [-0.39, 0.29) is 6.04 Å². The molecule has 2 aromatic rings. The van der Waals surface area contributed by atoms with Crippen molar-refractivity contribution in [2.24, 2.45) is 0 Å². The van der Waals surface area contributed by atoms with Gasteiger partial charge in [-0.2, -0.15) is 0 Å². The fraction of sp³-hybridized carbons (Fsp3) is 0.400. The van der Waals surface area contributed by atoms with Crippen LogP contribution in [0, 0.1) is 0 Å². The maximum atomic E-state index is 10.7. The van der Waals surface area contributed by atoms with Gasteiger partial charge in [0.25, 0.3) is 0 Å². The molecule has 0 spiro atoms. The lowest BCUT2D eigenvalue weighted by Gasteiger charge is -2.41. The first kappa shape index (κ1) is 24.9. The minimum absolute atomic E-state index is 0.113. The van der Waals surface area contributed by atoms with E-state index in [0.29, 0.717) is 12.6 Å². The maximum absolute atomic E-state index is 10.7. The van der Waals surface area contributed by atoms with Crippen LogP contribution < -0.4 is 15.0 Å². The zero-order valence-electron chi connectivity index (χ0n) is 21.4. The molecule has 0 aliphatic carbocycles. The third kappa shape index (κ3) is 5.34. The molecule has 1 saturated heterocycles.